The Morgan fingerprint density at radius 3 is 2.60 bits per heavy atom. The van der Waals surface area contributed by atoms with Crippen molar-refractivity contribution >= 4 is 28.6 Å². The van der Waals surface area contributed by atoms with Gasteiger partial charge in [0.2, 0.25) is 0 Å². The molecule has 0 bridgehead atoms. The number of carboxylic acid groups (broad SMARTS) is 1. The van der Waals surface area contributed by atoms with E-state index in [1.807, 2.05) is 12.1 Å². The Balaban J connectivity index is 1.80. The molecule has 1 heterocycles. The molecule has 0 amide bonds. The smallest absolute Gasteiger partial charge is 0.303 e. The average molecular weight is 428 g/mol. The summed E-state index contributed by atoms with van der Waals surface area (Å²) in [7, 11) is 0. The van der Waals surface area contributed by atoms with E-state index in [-0.39, 0.29) is 17.6 Å². The van der Waals surface area contributed by atoms with Crippen molar-refractivity contribution in [3.8, 4) is 11.4 Å². The number of rotatable bonds is 6. The van der Waals surface area contributed by atoms with Crippen LogP contribution >= 0.6 is 11.6 Å². The second kappa shape index (κ2) is 8.26. The van der Waals surface area contributed by atoms with Crippen LogP contribution in [0, 0.1) is 0 Å². The predicted octanol–water partition coefficient (Wildman–Crippen LogP) is 5.41. The Bertz CT molecular complexity index is 1090. The molecule has 0 spiro atoms. The van der Waals surface area contributed by atoms with Gasteiger partial charge >= 0.3 is 5.97 Å². The monoisotopic (exact) mass is 427 g/mol. The highest BCUT2D eigenvalue weighted by atomic mass is 35.5. The number of fused-ring (bicyclic) bond motifs is 1. The number of hydrogen-bond acceptors (Lipinski definition) is 4. The minimum Gasteiger partial charge on any atom is -0.505 e. The number of phenols is 1. The van der Waals surface area contributed by atoms with Crippen molar-refractivity contribution in [1.29, 1.82) is 0 Å². The van der Waals surface area contributed by atoms with Crippen molar-refractivity contribution in [2.24, 2.45) is 0 Å². The van der Waals surface area contributed by atoms with E-state index in [1.54, 1.807) is 18.2 Å². The SMILES string of the molecule is CC1(c2cc(CCCC(=O)O)cc(-n3nc4ccc(Cl)cc4n3)c2O)CCCCC1. The molecule has 0 saturated heterocycles. The number of aromatic nitrogens is 3. The van der Waals surface area contributed by atoms with Crippen LogP contribution in [0.25, 0.3) is 16.7 Å². The Morgan fingerprint density at radius 1 is 1.13 bits per heavy atom. The molecule has 0 unspecified atom stereocenters. The Hall–Kier alpha value is -2.60. The topological polar surface area (TPSA) is 88.2 Å². The summed E-state index contributed by atoms with van der Waals surface area (Å²) in [6.07, 6.45) is 6.80. The normalized spacial score (nSPS) is 16.1. The van der Waals surface area contributed by atoms with Gasteiger partial charge in [-0.25, -0.2) is 0 Å². The highest BCUT2D eigenvalue weighted by Gasteiger charge is 2.33. The van der Waals surface area contributed by atoms with Gasteiger partial charge in [0.15, 0.2) is 0 Å². The number of benzene rings is 2. The third-order valence-corrected chi connectivity index (χ3v) is 6.41. The molecule has 0 radical (unpaired) electrons. The van der Waals surface area contributed by atoms with E-state index in [9.17, 15) is 9.90 Å². The first-order chi connectivity index (χ1) is 14.4. The number of phenolic OH excluding ortho intramolecular Hbond substituents is 1. The minimum atomic E-state index is -0.801. The van der Waals surface area contributed by atoms with Crippen molar-refractivity contribution in [3.63, 3.8) is 0 Å². The van der Waals surface area contributed by atoms with Crippen LogP contribution in [0.2, 0.25) is 5.02 Å². The van der Waals surface area contributed by atoms with Crippen molar-refractivity contribution in [1.82, 2.24) is 15.0 Å². The Kier molecular flexibility index (Phi) is 5.69. The number of hydrogen-bond donors (Lipinski definition) is 2. The number of aliphatic carboxylic acids is 1. The third kappa shape index (κ3) is 4.15. The first-order valence-corrected chi connectivity index (χ1v) is 10.8. The van der Waals surface area contributed by atoms with Gasteiger partial charge in [0.25, 0.3) is 0 Å². The zero-order valence-corrected chi connectivity index (χ0v) is 17.8. The molecule has 30 heavy (non-hydrogen) atoms. The predicted molar refractivity (Wildman–Crippen MR) is 117 cm³/mol. The van der Waals surface area contributed by atoms with E-state index in [0.29, 0.717) is 34.6 Å². The number of carboxylic acids is 1. The molecule has 0 aliphatic heterocycles. The van der Waals surface area contributed by atoms with Crippen molar-refractivity contribution in [2.75, 3.05) is 0 Å². The van der Waals surface area contributed by atoms with Crippen LogP contribution in [0.15, 0.2) is 30.3 Å². The van der Waals surface area contributed by atoms with Gasteiger partial charge in [0.1, 0.15) is 22.5 Å². The van der Waals surface area contributed by atoms with E-state index in [0.717, 1.165) is 36.8 Å². The first kappa shape index (κ1) is 20.7. The fourth-order valence-electron chi connectivity index (χ4n) is 4.47. The van der Waals surface area contributed by atoms with E-state index in [4.69, 9.17) is 16.7 Å². The summed E-state index contributed by atoms with van der Waals surface area (Å²) >= 11 is 6.08. The molecule has 158 valence electrons. The zero-order valence-electron chi connectivity index (χ0n) is 17.1. The van der Waals surface area contributed by atoms with E-state index >= 15 is 0 Å². The summed E-state index contributed by atoms with van der Waals surface area (Å²) in [5.74, 6) is -0.599. The molecular weight excluding hydrogens is 402 g/mol. The van der Waals surface area contributed by atoms with Crippen LogP contribution in [-0.2, 0) is 16.6 Å². The third-order valence-electron chi connectivity index (χ3n) is 6.17. The number of nitrogens with zero attached hydrogens (tertiary/aromatic N) is 3. The summed E-state index contributed by atoms with van der Waals surface area (Å²) in [5.41, 5.74) is 3.66. The number of aryl methyl sites for hydroxylation is 1. The maximum Gasteiger partial charge on any atom is 0.303 e. The summed E-state index contributed by atoms with van der Waals surface area (Å²) < 4.78 is 0. The number of aromatic hydroxyl groups is 1. The lowest BCUT2D eigenvalue weighted by Gasteiger charge is -2.35. The van der Waals surface area contributed by atoms with Gasteiger partial charge in [-0.1, -0.05) is 43.9 Å². The number of carbonyl (C=O) groups is 1. The lowest BCUT2D eigenvalue weighted by atomic mass is 9.70. The molecule has 1 aromatic heterocycles. The zero-order chi connectivity index (χ0) is 21.3. The fourth-order valence-corrected chi connectivity index (χ4v) is 4.64. The van der Waals surface area contributed by atoms with Crippen LogP contribution < -0.4 is 0 Å². The lowest BCUT2D eigenvalue weighted by molar-refractivity contribution is -0.137. The molecule has 6 nitrogen and oxygen atoms in total. The standard InChI is InChI=1S/C23H26ClN3O3/c1-23(10-3-2-4-11-23)17-12-15(6-5-7-21(28)29)13-20(22(17)30)27-25-18-9-8-16(24)14-19(18)26-27/h8-9,12-14,30H,2-7,10-11H2,1H3,(H,28,29). The van der Waals surface area contributed by atoms with Gasteiger partial charge in [0.05, 0.1) is 0 Å². The van der Waals surface area contributed by atoms with E-state index in [2.05, 4.69) is 17.1 Å². The maximum absolute atomic E-state index is 11.3. The molecule has 1 aliphatic rings. The van der Waals surface area contributed by atoms with Crippen LogP contribution in [0.3, 0.4) is 0 Å². The second-order valence-electron chi connectivity index (χ2n) is 8.50. The molecule has 3 aromatic rings. The average Bonchev–Trinajstić information content (AvgIpc) is 3.12. The van der Waals surface area contributed by atoms with Gasteiger partial charge < -0.3 is 10.2 Å². The van der Waals surface area contributed by atoms with Gasteiger partial charge in [-0.15, -0.1) is 15.0 Å². The molecule has 1 aliphatic carbocycles. The summed E-state index contributed by atoms with van der Waals surface area (Å²) in [6, 6.07) is 9.23. The van der Waals surface area contributed by atoms with Crippen LogP contribution in [-0.4, -0.2) is 31.2 Å². The number of halogens is 1. The van der Waals surface area contributed by atoms with Crippen LogP contribution in [0.4, 0.5) is 0 Å². The highest BCUT2D eigenvalue weighted by molar-refractivity contribution is 6.31. The first-order valence-electron chi connectivity index (χ1n) is 10.5. The van der Waals surface area contributed by atoms with Gasteiger partial charge in [-0.05, 0) is 60.9 Å². The van der Waals surface area contributed by atoms with Crippen LogP contribution in [0.5, 0.6) is 5.75 Å². The Morgan fingerprint density at radius 2 is 1.87 bits per heavy atom. The van der Waals surface area contributed by atoms with Gasteiger partial charge in [-0.3, -0.25) is 4.79 Å². The van der Waals surface area contributed by atoms with Crippen molar-refractivity contribution < 1.29 is 15.0 Å². The molecule has 7 heteroatoms. The quantitative estimate of drug-likeness (QED) is 0.549. The molecule has 1 fully saturated rings. The minimum absolute atomic E-state index is 0.115. The molecule has 2 aromatic carbocycles. The lowest BCUT2D eigenvalue weighted by Crippen LogP contribution is -2.26. The molecule has 4 rings (SSSR count). The molecule has 1 saturated carbocycles. The van der Waals surface area contributed by atoms with Gasteiger partial charge in [0, 0.05) is 17.0 Å². The summed E-state index contributed by atoms with van der Waals surface area (Å²) in [5, 5.41) is 29.9. The van der Waals surface area contributed by atoms with Crippen LogP contribution in [0.1, 0.15) is 63.0 Å². The van der Waals surface area contributed by atoms with E-state index in [1.165, 1.54) is 11.2 Å². The van der Waals surface area contributed by atoms with Crippen molar-refractivity contribution in [3.05, 3.63) is 46.5 Å². The molecule has 0 atom stereocenters. The molecular formula is C23H26ClN3O3. The van der Waals surface area contributed by atoms with E-state index < -0.39 is 5.97 Å². The maximum atomic E-state index is 11.3. The van der Waals surface area contributed by atoms with Gasteiger partial charge in [-0.2, -0.15) is 0 Å². The largest absolute Gasteiger partial charge is 0.505 e. The highest BCUT2D eigenvalue weighted by Crippen LogP contribution is 2.45. The molecule has 2 N–H and O–H groups in total. The summed E-state index contributed by atoms with van der Waals surface area (Å²) in [4.78, 5) is 12.4. The fraction of sp³-hybridized carbons (Fsp3) is 0.435. The second-order valence-corrected chi connectivity index (χ2v) is 8.94. The summed E-state index contributed by atoms with van der Waals surface area (Å²) in [6.45, 7) is 2.21. The Labute approximate surface area is 180 Å². The van der Waals surface area contributed by atoms with Crippen molar-refractivity contribution in [2.45, 2.75) is 63.7 Å².